The number of carbonyl (C=O) groups excluding carboxylic acids is 2. The Morgan fingerprint density at radius 2 is 1.86 bits per heavy atom. The van der Waals surface area contributed by atoms with Crippen LogP contribution in [-0.4, -0.2) is 32.6 Å². The molecule has 7 nitrogen and oxygen atoms in total. The SMILES string of the molecule is CN(C)c1ccc(/C=C(\C#N)C(=O)OCC(=O)Nc2cccc(C#N)c2)cc1. The van der Waals surface area contributed by atoms with Crippen LogP contribution in [0.15, 0.2) is 54.1 Å². The van der Waals surface area contributed by atoms with Crippen molar-refractivity contribution >= 4 is 29.3 Å². The van der Waals surface area contributed by atoms with Gasteiger partial charge in [0.05, 0.1) is 11.6 Å². The fraction of sp³-hybridized carbons (Fsp3) is 0.143. The third-order valence-electron chi connectivity index (χ3n) is 3.67. The van der Waals surface area contributed by atoms with Gasteiger partial charge in [-0.15, -0.1) is 0 Å². The Labute approximate surface area is 163 Å². The monoisotopic (exact) mass is 374 g/mol. The topological polar surface area (TPSA) is 106 Å². The number of carbonyl (C=O) groups is 2. The molecule has 0 aliphatic rings. The van der Waals surface area contributed by atoms with Gasteiger partial charge in [0.15, 0.2) is 6.61 Å². The molecule has 140 valence electrons. The molecule has 0 saturated heterocycles. The molecule has 0 heterocycles. The van der Waals surface area contributed by atoms with Crippen molar-refractivity contribution in [2.24, 2.45) is 0 Å². The summed E-state index contributed by atoms with van der Waals surface area (Å²) in [7, 11) is 3.81. The minimum absolute atomic E-state index is 0.211. The summed E-state index contributed by atoms with van der Waals surface area (Å²) in [5.74, 6) is -1.46. The van der Waals surface area contributed by atoms with E-state index in [1.54, 1.807) is 36.4 Å². The molecule has 0 saturated carbocycles. The van der Waals surface area contributed by atoms with Crippen molar-refractivity contribution in [1.29, 1.82) is 10.5 Å². The Morgan fingerprint density at radius 3 is 2.46 bits per heavy atom. The minimum atomic E-state index is -0.889. The Morgan fingerprint density at radius 1 is 1.14 bits per heavy atom. The summed E-state index contributed by atoms with van der Waals surface area (Å²) in [6.07, 6.45) is 1.40. The van der Waals surface area contributed by atoms with Crippen LogP contribution in [0.25, 0.3) is 6.08 Å². The summed E-state index contributed by atoms with van der Waals surface area (Å²) in [6.45, 7) is -0.547. The molecule has 0 aromatic heterocycles. The smallest absolute Gasteiger partial charge is 0.349 e. The van der Waals surface area contributed by atoms with Gasteiger partial charge < -0.3 is 15.0 Å². The fourth-order valence-electron chi connectivity index (χ4n) is 2.24. The summed E-state index contributed by atoms with van der Waals surface area (Å²) in [4.78, 5) is 25.9. The van der Waals surface area contributed by atoms with Crippen LogP contribution in [0, 0.1) is 22.7 Å². The van der Waals surface area contributed by atoms with E-state index in [4.69, 9.17) is 10.00 Å². The fourth-order valence-corrected chi connectivity index (χ4v) is 2.24. The summed E-state index contributed by atoms with van der Waals surface area (Å²) < 4.78 is 4.90. The van der Waals surface area contributed by atoms with Gasteiger partial charge in [0.25, 0.3) is 5.91 Å². The largest absolute Gasteiger partial charge is 0.451 e. The van der Waals surface area contributed by atoms with Crippen molar-refractivity contribution in [2.45, 2.75) is 0 Å². The molecular weight excluding hydrogens is 356 g/mol. The third-order valence-corrected chi connectivity index (χ3v) is 3.67. The Bertz CT molecular complexity index is 980. The van der Waals surface area contributed by atoms with Crippen LogP contribution in [0.3, 0.4) is 0 Å². The molecule has 2 aromatic carbocycles. The van der Waals surface area contributed by atoms with E-state index in [1.807, 2.05) is 37.2 Å². The molecule has 0 fully saturated rings. The highest BCUT2D eigenvalue weighted by Gasteiger charge is 2.13. The number of anilines is 2. The van der Waals surface area contributed by atoms with E-state index in [2.05, 4.69) is 5.32 Å². The van der Waals surface area contributed by atoms with E-state index >= 15 is 0 Å². The first-order valence-corrected chi connectivity index (χ1v) is 8.29. The molecular formula is C21H18N4O3. The van der Waals surface area contributed by atoms with E-state index in [-0.39, 0.29) is 5.57 Å². The maximum atomic E-state index is 12.1. The predicted octanol–water partition coefficient (Wildman–Crippen LogP) is 2.71. The van der Waals surface area contributed by atoms with Gasteiger partial charge in [-0.3, -0.25) is 4.79 Å². The van der Waals surface area contributed by atoms with Gasteiger partial charge in [-0.25, -0.2) is 4.79 Å². The third kappa shape index (κ3) is 5.72. The summed E-state index contributed by atoms with van der Waals surface area (Å²) in [6, 6.07) is 17.3. The Kier molecular flexibility index (Phi) is 6.90. The Balaban J connectivity index is 1.97. The van der Waals surface area contributed by atoms with Crippen LogP contribution in [0.2, 0.25) is 0 Å². The quantitative estimate of drug-likeness (QED) is 0.473. The summed E-state index contributed by atoms with van der Waals surface area (Å²) >= 11 is 0. The minimum Gasteiger partial charge on any atom is -0.451 e. The van der Waals surface area contributed by atoms with Crippen molar-refractivity contribution in [3.8, 4) is 12.1 Å². The number of nitrogens with zero attached hydrogens (tertiary/aromatic N) is 3. The molecule has 0 atom stereocenters. The van der Waals surface area contributed by atoms with E-state index in [9.17, 15) is 14.9 Å². The lowest BCUT2D eigenvalue weighted by atomic mass is 10.1. The molecule has 0 unspecified atom stereocenters. The number of nitriles is 2. The van der Waals surface area contributed by atoms with Gasteiger partial charge in [-0.05, 0) is 42.0 Å². The molecule has 0 spiro atoms. The van der Waals surface area contributed by atoms with Crippen LogP contribution in [0.1, 0.15) is 11.1 Å². The predicted molar refractivity (Wildman–Crippen MR) is 105 cm³/mol. The van der Waals surface area contributed by atoms with Crippen molar-refractivity contribution in [1.82, 2.24) is 0 Å². The standard InChI is InChI=1S/C21H18N4O3/c1-25(2)19-8-6-15(7-9-19)10-17(13-23)21(27)28-14-20(26)24-18-5-3-4-16(11-18)12-22/h3-11H,14H2,1-2H3,(H,24,26)/b17-10+. The Hall–Kier alpha value is -4.10. The van der Waals surface area contributed by atoms with Crippen LogP contribution in [-0.2, 0) is 14.3 Å². The highest BCUT2D eigenvalue weighted by atomic mass is 16.5. The molecule has 0 aliphatic heterocycles. The van der Waals surface area contributed by atoms with Crippen molar-refractivity contribution < 1.29 is 14.3 Å². The highest BCUT2D eigenvalue weighted by molar-refractivity contribution is 6.00. The molecule has 1 N–H and O–H groups in total. The average Bonchev–Trinajstić information content (AvgIpc) is 2.70. The second-order valence-electron chi connectivity index (χ2n) is 5.97. The molecule has 28 heavy (non-hydrogen) atoms. The van der Waals surface area contributed by atoms with Crippen LogP contribution in [0.5, 0.6) is 0 Å². The number of hydrogen-bond donors (Lipinski definition) is 1. The lowest BCUT2D eigenvalue weighted by Gasteiger charge is -2.11. The molecule has 7 heteroatoms. The van der Waals surface area contributed by atoms with E-state index in [0.717, 1.165) is 5.69 Å². The number of hydrogen-bond acceptors (Lipinski definition) is 6. The van der Waals surface area contributed by atoms with Gasteiger partial charge in [0.2, 0.25) is 0 Å². The molecule has 1 amide bonds. The van der Waals surface area contributed by atoms with Crippen molar-refractivity contribution in [2.75, 3.05) is 30.9 Å². The van der Waals surface area contributed by atoms with Crippen molar-refractivity contribution in [3.63, 3.8) is 0 Å². The first-order chi connectivity index (χ1) is 13.4. The zero-order chi connectivity index (χ0) is 20.5. The number of benzene rings is 2. The summed E-state index contributed by atoms with van der Waals surface area (Å²) in [5.41, 5.74) is 2.24. The van der Waals surface area contributed by atoms with E-state index < -0.39 is 18.5 Å². The van der Waals surface area contributed by atoms with E-state index in [0.29, 0.717) is 16.8 Å². The van der Waals surface area contributed by atoms with E-state index in [1.165, 1.54) is 12.1 Å². The lowest BCUT2D eigenvalue weighted by molar-refractivity contribution is -0.142. The number of ether oxygens (including phenoxy) is 1. The van der Waals surface area contributed by atoms with Crippen LogP contribution < -0.4 is 10.2 Å². The maximum Gasteiger partial charge on any atom is 0.349 e. The van der Waals surface area contributed by atoms with Crippen molar-refractivity contribution in [3.05, 3.63) is 65.2 Å². The van der Waals surface area contributed by atoms with Gasteiger partial charge in [0.1, 0.15) is 11.6 Å². The molecule has 0 bridgehead atoms. The molecule has 2 aromatic rings. The average molecular weight is 374 g/mol. The second kappa shape index (κ2) is 9.56. The van der Waals surface area contributed by atoms with Gasteiger partial charge in [-0.1, -0.05) is 18.2 Å². The highest BCUT2D eigenvalue weighted by Crippen LogP contribution is 2.15. The molecule has 2 rings (SSSR count). The normalized spacial score (nSPS) is 10.4. The molecule has 0 aliphatic carbocycles. The zero-order valence-electron chi connectivity index (χ0n) is 15.5. The second-order valence-corrected chi connectivity index (χ2v) is 5.97. The zero-order valence-corrected chi connectivity index (χ0v) is 15.5. The number of esters is 1. The number of nitrogens with one attached hydrogen (secondary N) is 1. The number of amides is 1. The number of rotatable bonds is 6. The molecule has 0 radical (unpaired) electrons. The maximum absolute atomic E-state index is 12.1. The first-order valence-electron chi connectivity index (χ1n) is 8.29. The van der Waals surface area contributed by atoms with Crippen LogP contribution >= 0.6 is 0 Å². The summed E-state index contributed by atoms with van der Waals surface area (Å²) in [5, 5.41) is 20.6. The van der Waals surface area contributed by atoms with Crippen LogP contribution in [0.4, 0.5) is 11.4 Å². The lowest BCUT2D eigenvalue weighted by Crippen LogP contribution is -2.21. The van der Waals surface area contributed by atoms with Gasteiger partial charge >= 0.3 is 5.97 Å². The first kappa shape index (κ1) is 20.2. The van der Waals surface area contributed by atoms with Gasteiger partial charge in [-0.2, -0.15) is 10.5 Å². The van der Waals surface area contributed by atoms with Gasteiger partial charge in [0, 0.05) is 25.5 Å².